The van der Waals surface area contributed by atoms with Gasteiger partial charge in [0, 0.05) is 23.8 Å². The van der Waals surface area contributed by atoms with E-state index < -0.39 is 0 Å². The standard InChI is InChI=1S/C20H22N4O/c25-20(24-19-13-22-18-12-21-11-10-17(18)19)23-16-8-6-15(7-9-16)14-4-2-1-3-5-14/h1-5,10-13,15-16,22H,6-9H2,(H2,23,24,25). The lowest BCUT2D eigenvalue weighted by molar-refractivity contribution is 0.242. The first-order chi connectivity index (χ1) is 12.3. The zero-order valence-electron chi connectivity index (χ0n) is 14.0. The van der Waals surface area contributed by atoms with Crippen LogP contribution in [-0.2, 0) is 0 Å². The largest absolute Gasteiger partial charge is 0.358 e. The van der Waals surface area contributed by atoms with Crippen LogP contribution in [0, 0.1) is 0 Å². The van der Waals surface area contributed by atoms with E-state index in [0.717, 1.165) is 42.3 Å². The molecule has 0 atom stereocenters. The zero-order chi connectivity index (χ0) is 17.1. The highest BCUT2D eigenvalue weighted by Crippen LogP contribution is 2.32. The van der Waals surface area contributed by atoms with E-state index in [1.54, 1.807) is 18.6 Å². The number of carbonyl (C=O) groups is 1. The molecule has 1 fully saturated rings. The summed E-state index contributed by atoms with van der Waals surface area (Å²) in [5.41, 5.74) is 3.12. The zero-order valence-corrected chi connectivity index (χ0v) is 14.0. The van der Waals surface area contributed by atoms with Crippen LogP contribution in [-0.4, -0.2) is 22.0 Å². The second-order valence-electron chi connectivity index (χ2n) is 6.68. The van der Waals surface area contributed by atoms with E-state index in [-0.39, 0.29) is 12.1 Å². The minimum Gasteiger partial charge on any atom is -0.358 e. The summed E-state index contributed by atoms with van der Waals surface area (Å²) in [5.74, 6) is 0.614. The van der Waals surface area contributed by atoms with E-state index in [2.05, 4.69) is 50.9 Å². The fraction of sp³-hybridized carbons (Fsp3) is 0.300. The van der Waals surface area contributed by atoms with E-state index in [0.29, 0.717) is 5.92 Å². The predicted octanol–water partition coefficient (Wildman–Crippen LogP) is 4.41. The molecule has 3 aromatic rings. The van der Waals surface area contributed by atoms with E-state index in [1.807, 2.05) is 6.07 Å². The van der Waals surface area contributed by atoms with Gasteiger partial charge in [0.1, 0.15) is 0 Å². The van der Waals surface area contributed by atoms with Crippen molar-refractivity contribution in [2.45, 2.75) is 37.6 Å². The number of pyridine rings is 1. The molecule has 3 N–H and O–H groups in total. The van der Waals surface area contributed by atoms with Crippen molar-refractivity contribution >= 4 is 22.6 Å². The molecule has 2 amide bonds. The Bertz CT molecular complexity index is 850. The molecule has 0 aliphatic heterocycles. The van der Waals surface area contributed by atoms with E-state index in [1.165, 1.54) is 5.56 Å². The first-order valence-electron chi connectivity index (χ1n) is 8.83. The molecular formula is C20H22N4O. The lowest BCUT2D eigenvalue weighted by atomic mass is 9.82. The molecule has 2 aromatic heterocycles. The Morgan fingerprint density at radius 1 is 1.08 bits per heavy atom. The quantitative estimate of drug-likeness (QED) is 0.664. The van der Waals surface area contributed by atoms with Gasteiger partial charge in [0.2, 0.25) is 0 Å². The van der Waals surface area contributed by atoms with Crippen molar-refractivity contribution in [2.24, 2.45) is 0 Å². The molecule has 2 heterocycles. The minimum absolute atomic E-state index is 0.138. The van der Waals surface area contributed by atoms with Gasteiger partial charge < -0.3 is 15.6 Å². The van der Waals surface area contributed by atoms with Crippen molar-refractivity contribution in [3.05, 3.63) is 60.6 Å². The molecule has 1 saturated carbocycles. The number of hydrogen-bond donors (Lipinski definition) is 3. The maximum atomic E-state index is 12.3. The first-order valence-corrected chi connectivity index (χ1v) is 8.83. The summed E-state index contributed by atoms with van der Waals surface area (Å²) in [5, 5.41) is 7.03. The third-order valence-electron chi connectivity index (χ3n) is 5.06. The number of carbonyl (C=O) groups excluding carboxylic acids is 1. The molecule has 0 saturated heterocycles. The number of hydrogen-bond acceptors (Lipinski definition) is 2. The van der Waals surface area contributed by atoms with E-state index >= 15 is 0 Å². The van der Waals surface area contributed by atoms with Gasteiger partial charge in [-0.05, 0) is 43.2 Å². The van der Waals surface area contributed by atoms with E-state index in [4.69, 9.17) is 0 Å². The van der Waals surface area contributed by atoms with Crippen LogP contribution >= 0.6 is 0 Å². The smallest absolute Gasteiger partial charge is 0.319 e. The van der Waals surface area contributed by atoms with Gasteiger partial charge in [-0.1, -0.05) is 30.3 Å². The van der Waals surface area contributed by atoms with Crippen molar-refractivity contribution < 1.29 is 4.79 Å². The Kier molecular flexibility index (Phi) is 4.37. The van der Waals surface area contributed by atoms with Crippen molar-refractivity contribution in [1.82, 2.24) is 15.3 Å². The summed E-state index contributed by atoms with van der Waals surface area (Å²) in [4.78, 5) is 19.5. The van der Waals surface area contributed by atoms with Gasteiger partial charge in [-0.15, -0.1) is 0 Å². The third kappa shape index (κ3) is 3.50. The van der Waals surface area contributed by atoms with Crippen LogP contribution in [0.4, 0.5) is 10.5 Å². The van der Waals surface area contributed by atoms with Crippen LogP contribution in [0.1, 0.15) is 37.2 Å². The molecule has 1 aliphatic carbocycles. The van der Waals surface area contributed by atoms with Gasteiger partial charge in [-0.2, -0.15) is 0 Å². The maximum Gasteiger partial charge on any atom is 0.319 e. The van der Waals surface area contributed by atoms with Crippen LogP contribution in [0.2, 0.25) is 0 Å². The van der Waals surface area contributed by atoms with Gasteiger partial charge in [0.05, 0.1) is 17.4 Å². The molecule has 4 rings (SSSR count). The van der Waals surface area contributed by atoms with E-state index in [9.17, 15) is 4.79 Å². The van der Waals surface area contributed by atoms with Gasteiger partial charge in [-0.25, -0.2) is 4.79 Å². The summed E-state index contributed by atoms with van der Waals surface area (Å²) >= 11 is 0. The number of aromatic nitrogens is 2. The molecule has 25 heavy (non-hydrogen) atoms. The number of nitrogens with zero attached hydrogens (tertiary/aromatic N) is 1. The number of urea groups is 1. The van der Waals surface area contributed by atoms with Gasteiger partial charge in [0.25, 0.3) is 0 Å². The Labute approximate surface area is 146 Å². The van der Waals surface area contributed by atoms with Crippen molar-refractivity contribution in [3.8, 4) is 0 Å². The highest BCUT2D eigenvalue weighted by Gasteiger charge is 2.23. The molecule has 1 aliphatic rings. The van der Waals surface area contributed by atoms with Crippen LogP contribution in [0.25, 0.3) is 10.9 Å². The monoisotopic (exact) mass is 334 g/mol. The summed E-state index contributed by atoms with van der Waals surface area (Å²) in [6.45, 7) is 0. The number of fused-ring (bicyclic) bond motifs is 1. The van der Waals surface area contributed by atoms with Gasteiger partial charge >= 0.3 is 6.03 Å². The molecule has 0 radical (unpaired) electrons. The summed E-state index contributed by atoms with van der Waals surface area (Å²) in [7, 11) is 0. The SMILES string of the molecule is O=C(Nc1c[nH]c2cnccc12)NC1CCC(c2ccccc2)CC1. The Morgan fingerprint density at radius 2 is 1.88 bits per heavy atom. The predicted molar refractivity (Wildman–Crippen MR) is 99.7 cm³/mol. The molecule has 0 bridgehead atoms. The molecule has 0 spiro atoms. The average Bonchev–Trinajstić information content (AvgIpc) is 3.06. The van der Waals surface area contributed by atoms with Crippen LogP contribution in [0.15, 0.2) is 55.0 Å². The molecule has 5 nitrogen and oxygen atoms in total. The topological polar surface area (TPSA) is 69.8 Å². The third-order valence-corrected chi connectivity index (χ3v) is 5.06. The van der Waals surface area contributed by atoms with Crippen LogP contribution in [0.3, 0.4) is 0 Å². The molecule has 128 valence electrons. The molecule has 0 unspecified atom stereocenters. The Morgan fingerprint density at radius 3 is 2.68 bits per heavy atom. The summed E-state index contributed by atoms with van der Waals surface area (Å²) in [6.07, 6.45) is 9.56. The number of amides is 2. The second-order valence-corrected chi connectivity index (χ2v) is 6.68. The highest BCUT2D eigenvalue weighted by molar-refractivity contribution is 6.00. The molecular weight excluding hydrogens is 312 g/mol. The average molecular weight is 334 g/mol. The lowest BCUT2D eigenvalue weighted by Gasteiger charge is -2.29. The highest BCUT2D eigenvalue weighted by atomic mass is 16.2. The lowest BCUT2D eigenvalue weighted by Crippen LogP contribution is -2.39. The molecule has 1 aromatic carbocycles. The number of nitrogens with one attached hydrogen (secondary N) is 3. The van der Waals surface area contributed by atoms with Gasteiger partial charge in [0.15, 0.2) is 0 Å². The van der Waals surface area contributed by atoms with Gasteiger partial charge in [-0.3, -0.25) is 4.98 Å². The Balaban J connectivity index is 1.32. The normalized spacial score (nSPS) is 20.3. The Hall–Kier alpha value is -2.82. The number of anilines is 1. The molecule has 5 heteroatoms. The van der Waals surface area contributed by atoms with Crippen molar-refractivity contribution in [2.75, 3.05) is 5.32 Å². The number of H-pyrrole nitrogens is 1. The number of rotatable bonds is 3. The van der Waals surface area contributed by atoms with Crippen molar-refractivity contribution in [1.29, 1.82) is 0 Å². The fourth-order valence-electron chi connectivity index (χ4n) is 3.72. The minimum atomic E-state index is -0.138. The van der Waals surface area contributed by atoms with Crippen molar-refractivity contribution in [3.63, 3.8) is 0 Å². The fourth-order valence-corrected chi connectivity index (χ4v) is 3.72. The van der Waals surface area contributed by atoms with Crippen LogP contribution < -0.4 is 10.6 Å². The summed E-state index contributed by atoms with van der Waals surface area (Å²) in [6, 6.07) is 12.7. The number of aromatic amines is 1. The number of benzene rings is 1. The maximum absolute atomic E-state index is 12.3. The first kappa shape index (κ1) is 15.7. The van der Waals surface area contributed by atoms with Crippen LogP contribution in [0.5, 0.6) is 0 Å². The summed E-state index contributed by atoms with van der Waals surface area (Å²) < 4.78 is 0. The second kappa shape index (κ2) is 6.97.